The number of rotatable bonds is 1. The lowest BCUT2D eigenvalue weighted by molar-refractivity contribution is -0.148. The van der Waals surface area contributed by atoms with Gasteiger partial charge < -0.3 is 10.7 Å². The standard InChI is InChI=1S/C10H9F3N2/c11-10(12,13)9(14)7-3-1-2-6-4-5-15-8(6)7/h1-5,9,15H,14H2/t9-/m1/s1. The lowest BCUT2D eigenvalue weighted by Crippen LogP contribution is -2.28. The lowest BCUT2D eigenvalue weighted by Gasteiger charge is -2.16. The zero-order valence-electron chi connectivity index (χ0n) is 7.68. The quantitative estimate of drug-likeness (QED) is 0.752. The van der Waals surface area contributed by atoms with Gasteiger partial charge in [-0.15, -0.1) is 0 Å². The van der Waals surface area contributed by atoms with E-state index in [1.807, 2.05) is 0 Å². The molecule has 2 nitrogen and oxygen atoms in total. The number of halogens is 3. The van der Waals surface area contributed by atoms with Crippen LogP contribution in [0.3, 0.4) is 0 Å². The number of benzene rings is 1. The van der Waals surface area contributed by atoms with Gasteiger partial charge in [-0.3, -0.25) is 0 Å². The molecule has 0 unspecified atom stereocenters. The van der Waals surface area contributed by atoms with Crippen LogP contribution in [0.25, 0.3) is 10.9 Å². The summed E-state index contributed by atoms with van der Waals surface area (Å²) in [7, 11) is 0. The number of nitrogens with one attached hydrogen (secondary N) is 1. The highest BCUT2D eigenvalue weighted by atomic mass is 19.4. The average Bonchev–Trinajstić information content (AvgIpc) is 2.62. The van der Waals surface area contributed by atoms with Crippen LogP contribution in [-0.4, -0.2) is 11.2 Å². The van der Waals surface area contributed by atoms with Crippen molar-refractivity contribution in [3.05, 3.63) is 36.0 Å². The van der Waals surface area contributed by atoms with Crippen molar-refractivity contribution < 1.29 is 13.2 Å². The van der Waals surface area contributed by atoms with E-state index in [1.54, 1.807) is 24.4 Å². The third-order valence-electron chi connectivity index (χ3n) is 2.31. The SMILES string of the molecule is N[C@H](c1cccc2cc[nH]c12)C(F)(F)F. The van der Waals surface area contributed by atoms with Gasteiger partial charge in [-0.1, -0.05) is 18.2 Å². The number of alkyl halides is 3. The van der Waals surface area contributed by atoms with Gasteiger partial charge in [0, 0.05) is 11.8 Å². The number of hydrogen-bond acceptors (Lipinski definition) is 1. The van der Waals surface area contributed by atoms with E-state index >= 15 is 0 Å². The molecule has 2 aromatic rings. The Morgan fingerprint density at radius 3 is 2.60 bits per heavy atom. The number of aromatic amines is 1. The van der Waals surface area contributed by atoms with E-state index in [1.165, 1.54) is 6.07 Å². The minimum atomic E-state index is -4.42. The van der Waals surface area contributed by atoms with Crippen LogP contribution in [0.5, 0.6) is 0 Å². The van der Waals surface area contributed by atoms with Gasteiger partial charge in [0.25, 0.3) is 0 Å². The van der Waals surface area contributed by atoms with Gasteiger partial charge in [-0.05, 0) is 11.5 Å². The highest BCUT2D eigenvalue weighted by molar-refractivity contribution is 5.83. The zero-order valence-corrected chi connectivity index (χ0v) is 7.68. The van der Waals surface area contributed by atoms with Gasteiger partial charge in [-0.2, -0.15) is 13.2 Å². The van der Waals surface area contributed by atoms with Gasteiger partial charge in [0.05, 0.1) is 5.52 Å². The first-order valence-corrected chi connectivity index (χ1v) is 4.38. The molecule has 0 fully saturated rings. The van der Waals surface area contributed by atoms with Gasteiger partial charge in [0.2, 0.25) is 0 Å². The summed E-state index contributed by atoms with van der Waals surface area (Å²) in [4.78, 5) is 2.76. The maximum absolute atomic E-state index is 12.4. The second-order valence-corrected chi connectivity index (χ2v) is 3.31. The molecule has 0 spiro atoms. The molecule has 0 saturated heterocycles. The van der Waals surface area contributed by atoms with E-state index in [4.69, 9.17) is 5.73 Å². The molecule has 0 saturated carbocycles. The Kier molecular flexibility index (Phi) is 2.19. The van der Waals surface area contributed by atoms with Crippen molar-refractivity contribution in [2.45, 2.75) is 12.2 Å². The summed E-state index contributed by atoms with van der Waals surface area (Å²) in [6, 6.07) is 4.45. The molecule has 1 aromatic heterocycles. The molecule has 1 heterocycles. The van der Waals surface area contributed by atoms with Crippen LogP contribution in [0.4, 0.5) is 13.2 Å². The summed E-state index contributed by atoms with van der Waals surface area (Å²) in [6.07, 6.45) is -2.82. The smallest absolute Gasteiger partial charge is 0.361 e. The summed E-state index contributed by atoms with van der Waals surface area (Å²) in [5.74, 6) is 0. The first-order chi connectivity index (χ1) is 7.00. The number of H-pyrrole nitrogens is 1. The fourth-order valence-corrected chi connectivity index (χ4v) is 1.54. The number of nitrogens with two attached hydrogens (primary N) is 1. The van der Waals surface area contributed by atoms with E-state index in [2.05, 4.69) is 4.98 Å². The van der Waals surface area contributed by atoms with Crippen molar-refractivity contribution in [3.63, 3.8) is 0 Å². The molecule has 2 rings (SSSR count). The second-order valence-electron chi connectivity index (χ2n) is 3.31. The molecule has 5 heteroatoms. The third kappa shape index (κ3) is 1.70. The molecule has 1 aromatic carbocycles. The van der Waals surface area contributed by atoms with E-state index in [9.17, 15) is 13.2 Å². The molecule has 0 aliphatic carbocycles. The Labute approximate surface area is 83.9 Å². The molecule has 3 N–H and O–H groups in total. The number of para-hydroxylation sites is 1. The van der Waals surface area contributed by atoms with E-state index in [0.29, 0.717) is 5.52 Å². The fraction of sp³-hybridized carbons (Fsp3) is 0.200. The fourth-order valence-electron chi connectivity index (χ4n) is 1.54. The first-order valence-electron chi connectivity index (χ1n) is 4.38. The van der Waals surface area contributed by atoms with Gasteiger partial charge in [0.1, 0.15) is 6.04 Å². The summed E-state index contributed by atoms with van der Waals surface area (Å²) in [5, 5.41) is 0.729. The third-order valence-corrected chi connectivity index (χ3v) is 2.31. The van der Waals surface area contributed by atoms with Crippen molar-refractivity contribution in [1.82, 2.24) is 4.98 Å². The second kappa shape index (κ2) is 3.27. The van der Waals surface area contributed by atoms with Crippen molar-refractivity contribution in [3.8, 4) is 0 Å². The summed E-state index contributed by atoms with van der Waals surface area (Å²) in [6.45, 7) is 0. The Bertz CT molecular complexity index is 473. The minimum Gasteiger partial charge on any atom is -0.361 e. The van der Waals surface area contributed by atoms with E-state index in [-0.39, 0.29) is 5.56 Å². The molecular weight excluding hydrogens is 205 g/mol. The van der Waals surface area contributed by atoms with Crippen molar-refractivity contribution >= 4 is 10.9 Å². The van der Waals surface area contributed by atoms with Crippen LogP contribution in [0.15, 0.2) is 30.5 Å². The number of fused-ring (bicyclic) bond motifs is 1. The summed E-state index contributed by atoms with van der Waals surface area (Å²) < 4.78 is 37.3. The van der Waals surface area contributed by atoms with Crippen LogP contribution in [-0.2, 0) is 0 Å². The molecule has 0 aliphatic rings. The van der Waals surface area contributed by atoms with Crippen LogP contribution < -0.4 is 5.73 Å². The minimum absolute atomic E-state index is 0.0741. The van der Waals surface area contributed by atoms with Gasteiger partial charge in [0.15, 0.2) is 0 Å². The lowest BCUT2D eigenvalue weighted by atomic mass is 10.0. The maximum Gasteiger partial charge on any atom is 0.407 e. The van der Waals surface area contributed by atoms with E-state index in [0.717, 1.165) is 5.39 Å². The highest BCUT2D eigenvalue weighted by Gasteiger charge is 2.38. The number of hydrogen-bond donors (Lipinski definition) is 2. The van der Waals surface area contributed by atoms with Crippen LogP contribution in [0.1, 0.15) is 11.6 Å². The molecule has 0 aliphatic heterocycles. The molecular formula is C10H9F3N2. The van der Waals surface area contributed by atoms with Gasteiger partial charge in [-0.25, -0.2) is 0 Å². The zero-order chi connectivity index (χ0) is 11.1. The molecule has 80 valence electrons. The van der Waals surface area contributed by atoms with Crippen LogP contribution in [0.2, 0.25) is 0 Å². The first kappa shape index (κ1) is 10.0. The Hall–Kier alpha value is -1.49. The van der Waals surface area contributed by atoms with Crippen molar-refractivity contribution in [1.29, 1.82) is 0 Å². The molecule has 15 heavy (non-hydrogen) atoms. The predicted octanol–water partition coefficient (Wildman–Crippen LogP) is 2.73. The topological polar surface area (TPSA) is 41.8 Å². The molecule has 0 radical (unpaired) electrons. The van der Waals surface area contributed by atoms with Crippen molar-refractivity contribution in [2.24, 2.45) is 5.73 Å². The molecule has 0 amide bonds. The van der Waals surface area contributed by atoms with E-state index < -0.39 is 12.2 Å². The van der Waals surface area contributed by atoms with Crippen LogP contribution in [0, 0.1) is 0 Å². The molecule has 0 bridgehead atoms. The number of aromatic nitrogens is 1. The summed E-state index contributed by atoms with van der Waals surface area (Å²) in [5.41, 5.74) is 5.67. The van der Waals surface area contributed by atoms with Gasteiger partial charge >= 0.3 is 6.18 Å². The van der Waals surface area contributed by atoms with Crippen LogP contribution >= 0.6 is 0 Å². The largest absolute Gasteiger partial charge is 0.407 e. The predicted molar refractivity (Wildman–Crippen MR) is 51.3 cm³/mol. The average molecular weight is 214 g/mol. The monoisotopic (exact) mass is 214 g/mol. The Morgan fingerprint density at radius 2 is 1.93 bits per heavy atom. The van der Waals surface area contributed by atoms with Crippen molar-refractivity contribution in [2.75, 3.05) is 0 Å². The maximum atomic E-state index is 12.4. The Morgan fingerprint density at radius 1 is 1.20 bits per heavy atom. The Balaban J connectivity index is 2.56. The normalized spacial score (nSPS) is 14.4. The molecule has 1 atom stereocenters. The summed E-state index contributed by atoms with van der Waals surface area (Å²) >= 11 is 0. The highest BCUT2D eigenvalue weighted by Crippen LogP contribution is 2.33.